The van der Waals surface area contributed by atoms with Gasteiger partial charge in [0.1, 0.15) is 6.29 Å². The highest BCUT2D eigenvalue weighted by Gasteiger charge is 2.59. The average molecular weight is 443 g/mol. The van der Waals surface area contributed by atoms with Gasteiger partial charge in [0, 0.05) is 13.0 Å². The zero-order valence-electron chi connectivity index (χ0n) is 20.8. The van der Waals surface area contributed by atoms with Gasteiger partial charge in [-0.05, 0) is 117 Å². The molecule has 0 radical (unpaired) electrons. The van der Waals surface area contributed by atoms with Crippen molar-refractivity contribution in [3.8, 4) is 0 Å². The number of fused-ring (bicyclic) bond motifs is 5. The van der Waals surface area contributed by atoms with Gasteiger partial charge in [0.2, 0.25) is 0 Å². The minimum atomic E-state index is 0.0436. The zero-order chi connectivity index (χ0) is 22.3. The Balaban J connectivity index is 1.28. The van der Waals surface area contributed by atoms with Crippen molar-refractivity contribution in [1.82, 2.24) is 0 Å². The van der Waals surface area contributed by atoms with Gasteiger partial charge in [0.15, 0.2) is 6.29 Å². The molecule has 9 atom stereocenters. The lowest BCUT2D eigenvalue weighted by molar-refractivity contribution is -0.195. The fourth-order valence-electron chi connectivity index (χ4n) is 9.28. The Hall–Kier alpha value is -0.670. The van der Waals surface area contributed by atoms with Crippen molar-refractivity contribution in [2.75, 3.05) is 6.61 Å². The highest BCUT2D eigenvalue weighted by Crippen LogP contribution is 2.67. The number of hydrogen-bond acceptors (Lipinski definition) is 3. The minimum Gasteiger partial charge on any atom is -0.353 e. The van der Waals surface area contributed by atoms with E-state index in [0.717, 1.165) is 62.2 Å². The second-order valence-corrected chi connectivity index (χ2v) is 12.5. The third-order valence-electron chi connectivity index (χ3n) is 11.0. The van der Waals surface area contributed by atoms with E-state index in [1.807, 2.05) is 0 Å². The second-order valence-electron chi connectivity index (χ2n) is 12.5. The van der Waals surface area contributed by atoms with E-state index in [1.165, 1.54) is 57.8 Å². The fourth-order valence-corrected chi connectivity index (χ4v) is 9.28. The third-order valence-corrected chi connectivity index (χ3v) is 11.0. The predicted octanol–water partition coefficient (Wildman–Crippen LogP) is 7.09. The first kappa shape index (κ1) is 23.1. The number of ether oxygens (including phenoxy) is 2. The summed E-state index contributed by atoms with van der Waals surface area (Å²) in [6.07, 6.45) is 20.0. The largest absolute Gasteiger partial charge is 0.353 e. The second kappa shape index (κ2) is 9.17. The van der Waals surface area contributed by atoms with Crippen LogP contribution in [-0.2, 0) is 14.3 Å². The summed E-state index contributed by atoms with van der Waals surface area (Å²) in [5, 5.41) is 0. The number of rotatable bonds is 6. The van der Waals surface area contributed by atoms with Gasteiger partial charge < -0.3 is 14.3 Å². The molecule has 3 heteroatoms. The lowest BCUT2D eigenvalue weighted by atomic mass is 9.47. The number of carbonyl (C=O) groups excluding carboxylic acids is 1. The molecule has 4 fully saturated rings. The topological polar surface area (TPSA) is 35.5 Å². The maximum Gasteiger partial charge on any atom is 0.157 e. The van der Waals surface area contributed by atoms with Crippen molar-refractivity contribution < 1.29 is 14.3 Å². The summed E-state index contributed by atoms with van der Waals surface area (Å²) in [6, 6.07) is 0. The van der Waals surface area contributed by atoms with Gasteiger partial charge in [-0.15, -0.1) is 0 Å². The Bertz CT molecular complexity index is 709. The lowest BCUT2D eigenvalue weighted by Gasteiger charge is -2.58. The molecule has 1 saturated heterocycles. The summed E-state index contributed by atoms with van der Waals surface area (Å²) in [7, 11) is 0. The monoisotopic (exact) mass is 442 g/mol. The molecule has 0 spiro atoms. The maximum absolute atomic E-state index is 11.0. The molecule has 0 aromatic carbocycles. The standard InChI is InChI=1S/C29H46O3/c1-20(7-6-17-30)24-11-12-25-23-10-9-21-19-22(32-27-8-4-5-18-31-27)13-15-28(21,2)26(23)14-16-29(24,25)3/h9,17,20,22-27H,4-8,10-16,18-19H2,1-3H3/t20-,22+,23+,24-,25+,26+,27?,28+,29-/m1/s1. The number of hydrogen-bond donors (Lipinski definition) is 0. The quantitative estimate of drug-likeness (QED) is 0.325. The fraction of sp³-hybridized carbons (Fsp3) is 0.897. The Morgan fingerprint density at radius 1 is 1.12 bits per heavy atom. The van der Waals surface area contributed by atoms with E-state index in [9.17, 15) is 4.79 Å². The van der Waals surface area contributed by atoms with Crippen LogP contribution in [0.15, 0.2) is 11.6 Å². The van der Waals surface area contributed by atoms with Crippen molar-refractivity contribution in [1.29, 1.82) is 0 Å². The molecule has 0 amide bonds. The van der Waals surface area contributed by atoms with Crippen molar-refractivity contribution in [2.24, 2.45) is 40.4 Å². The molecule has 0 aromatic rings. The first-order valence-corrected chi connectivity index (χ1v) is 13.9. The first-order chi connectivity index (χ1) is 15.5. The van der Waals surface area contributed by atoms with E-state index in [0.29, 0.717) is 22.9 Å². The first-order valence-electron chi connectivity index (χ1n) is 13.9. The maximum atomic E-state index is 11.0. The van der Waals surface area contributed by atoms with Crippen molar-refractivity contribution in [3.05, 3.63) is 11.6 Å². The third kappa shape index (κ3) is 3.94. The molecule has 1 unspecified atom stereocenters. The molecule has 1 heterocycles. The number of allylic oxidation sites excluding steroid dienone is 1. The SMILES string of the molecule is C[C@H](CCC=O)[C@H]1CC[C@H]2[C@@H]3CC=C4C[C@@H](OC5CCCCO5)CC[C@]4(C)[C@H]3CC[C@]12C. The van der Waals surface area contributed by atoms with E-state index >= 15 is 0 Å². The molecular weight excluding hydrogens is 396 g/mol. The highest BCUT2D eigenvalue weighted by molar-refractivity contribution is 5.49. The molecule has 5 rings (SSSR count). The average Bonchev–Trinajstić information content (AvgIpc) is 3.16. The summed E-state index contributed by atoms with van der Waals surface area (Å²) in [4.78, 5) is 11.0. The van der Waals surface area contributed by atoms with E-state index in [4.69, 9.17) is 9.47 Å². The molecule has 0 bridgehead atoms. The lowest BCUT2D eigenvalue weighted by Crippen LogP contribution is -2.51. The highest BCUT2D eigenvalue weighted by atomic mass is 16.7. The van der Waals surface area contributed by atoms with Crippen molar-refractivity contribution in [2.45, 2.75) is 117 Å². The summed E-state index contributed by atoms with van der Waals surface area (Å²) >= 11 is 0. The molecule has 0 N–H and O–H groups in total. The Morgan fingerprint density at radius 3 is 2.78 bits per heavy atom. The van der Waals surface area contributed by atoms with E-state index in [1.54, 1.807) is 5.57 Å². The van der Waals surface area contributed by atoms with Gasteiger partial charge >= 0.3 is 0 Å². The molecule has 3 nitrogen and oxygen atoms in total. The van der Waals surface area contributed by atoms with Gasteiger partial charge in [-0.1, -0.05) is 32.4 Å². The van der Waals surface area contributed by atoms with Crippen LogP contribution < -0.4 is 0 Å². The van der Waals surface area contributed by atoms with Crippen molar-refractivity contribution in [3.63, 3.8) is 0 Å². The van der Waals surface area contributed by atoms with Gasteiger partial charge in [-0.2, -0.15) is 0 Å². The number of aldehydes is 1. The van der Waals surface area contributed by atoms with Gasteiger partial charge in [-0.3, -0.25) is 0 Å². The Labute approximate surface area is 196 Å². The van der Waals surface area contributed by atoms with Gasteiger partial charge in [-0.25, -0.2) is 0 Å². The summed E-state index contributed by atoms with van der Waals surface area (Å²) in [5.41, 5.74) is 2.59. The minimum absolute atomic E-state index is 0.0436. The van der Waals surface area contributed by atoms with Crippen LogP contribution in [0, 0.1) is 40.4 Å². The molecule has 32 heavy (non-hydrogen) atoms. The van der Waals surface area contributed by atoms with Crippen LogP contribution in [0.5, 0.6) is 0 Å². The summed E-state index contributed by atoms with van der Waals surface area (Å²) < 4.78 is 12.3. The molecule has 180 valence electrons. The summed E-state index contributed by atoms with van der Waals surface area (Å²) in [5.74, 6) is 4.10. The zero-order valence-corrected chi connectivity index (χ0v) is 20.8. The Morgan fingerprint density at radius 2 is 2.00 bits per heavy atom. The predicted molar refractivity (Wildman–Crippen MR) is 128 cm³/mol. The number of carbonyl (C=O) groups is 1. The van der Waals surface area contributed by atoms with E-state index < -0.39 is 0 Å². The van der Waals surface area contributed by atoms with Crippen molar-refractivity contribution >= 4 is 6.29 Å². The van der Waals surface area contributed by atoms with Gasteiger partial charge in [0.05, 0.1) is 6.10 Å². The van der Waals surface area contributed by atoms with Crippen LogP contribution in [0.2, 0.25) is 0 Å². The van der Waals surface area contributed by atoms with Crippen LogP contribution in [0.3, 0.4) is 0 Å². The van der Waals surface area contributed by atoms with Crippen LogP contribution in [0.25, 0.3) is 0 Å². The summed E-state index contributed by atoms with van der Waals surface area (Å²) in [6.45, 7) is 8.52. The smallest absolute Gasteiger partial charge is 0.157 e. The van der Waals surface area contributed by atoms with Crippen LogP contribution in [-0.4, -0.2) is 25.3 Å². The van der Waals surface area contributed by atoms with E-state index in [-0.39, 0.29) is 6.29 Å². The Kier molecular flexibility index (Phi) is 6.62. The van der Waals surface area contributed by atoms with E-state index in [2.05, 4.69) is 26.8 Å². The molecule has 4 aliphatic carbocycles. The molecule has 5 aliphatic rings. The molecule has 0 aromatic heterocycles. The molecule has 3 saturated carbocycles. The van der Waals surface area contributed by atoms with Gasteiger partial charge in [0.25, 0.3) is 0 Å². The van der Waals surface area contributed by atoms with Crippen LogP contribution >= 0.6 is 0 Å². The normalized spacial score (nSPS) is 47.0. The molecule has 1 aliphatic heterocycles. The van der Waals surface area contributed by atoms with Crippen LogP contribution in [0.4, 0.5) is 0 Å². The van der Waals surface area contributed by atoms with Crippen LogP contribution in [0.1, 0.15) is 104 Å². The molecular formula is C29H46O3.